The standard InChI is InChI=1S/C34H48N4O4/c1-20-17-21(2)19-25(18-20)35-31(39)28-27-12-13-34(42-27)29(28)33(41)38(16-15-37-14-7-6-10-23(37)4)30(34)32(40)36-26-11-8-9-22(3)24(26)5/h12-13,17-19,22-24,26-30H,6-11,14-16H2,1-5H3,(H,35,39)(H,36,40)/t22-,23-,24+,26+,27-,28+,29-,30-,34-/m0/s1. The van der Waals surface area contributed by atoms with Gasteiger partial charge < -0.3 is 20.3 Å². The lowest BCUT2D eigenvalue weighted by molar-refractivity contribution is -0.142. The summed E-state index contributed by atoms with van der Waals surface area (Å²) in [5, 5.41) is 6.44. The molecule has 1 spiro atoms. The molecule has 2 N–H and O–H groups in total. The van der Waals surface area contributed by atoms with Crippen molar-refractivity contribution in [2.24, 2.45) is 23.7 Å². The van der Waals surface area contributed by atoms with Gasteiger partial charge in [0, 0.05) is 30.9 Å². The van der Waals surface area contributed by atoms with E-state index < -0.39 is 29.6 Å². The zero-order valence-corrected chi connectivity index (χ0v) is 25.9. The van der Waals surface area contributed by atoms with Crippen LogP contribution in [0.4, 0.5) is 5.69 Å². The van der Waals surface area contributed by atoms with Crippen molar-refractivity contribution in [3.63, 3.8) is 0 Å². The van der Waals surface area contributed by atoms with E-state index in [1.165, 1.54) is 12.8 Å². The Bertz CT molecular complexity index is 1240. The number of ether oxygens (including phenoxy) is 1. The predicted octanol–water partition coefficient (Wildman–Crippen LogP) is 4.21. The van der Waals surface area contributed by atoms with Crippen LogP contribution in [0.5, 0.6) is 0 Å². The lowest BCUT2D eigenvalue weighted by Gasteiger charge is -2.39. The van der Waals surface area contributed by atoms with Gasteiger partial charge in [0.25, 0.3) is 0 Å². The van der Waals surface area contributed by atoms with Crippen LogP contribution >= 0.6 is 0 Å². The smallest absolute Gasteiger partial charge is 0.246 e. The van der Waals surface area contributed by atoms with E-state index in [1.807, 2.05) is 38.1 Å². The van der Waals surface area contributed by atoms with Gasteiger partial charge in [0.15, 0.2) is 0 Å². The van der Waals surface area contributed by atoms with Gasteiger partial charge in [0.05, 0.1) is 17.9 Å². The van der Waals surface area contributed by atoms with Gasteiger partial charge >= 0.3 is 0 Å². The van der Waals surface area contributed by atoms with Crippen molar-refractivity contribution >= 4 is 23.4 Å². The molecule has 4 fully saturated rings. The Balaban J connectivity index is 1.28. The number of rotatable bonds is 7. The van der Waals surface area contributed by atoms with Crippen LogP contribution in [-0.4, -0.2) is 77.0 Å². The highest BCUT2D eigenvalue weighted by Crippen LogP contribution is 2.55. The van der Waals surface area contributed by atoms with E-state index in [0.29, 0.717) is 31.0 Å². The number of piperidine rings is 1. The molecule has 1 aromatic rings. The lowest BCUT2D eigenvalue weighted by Crippen LogP contribution is -2.58. The fourth-order valence-electron chi connectivity index (χ4n) is 8.55. The molecule has 8 heteroatoms. The highest BCUT2D eigenvalue weighted by molar-refractivity contribution is 6.02. The zero-order valence-electron chi connectivity index (χ0n) is 25.9. The fraction of sp³-hybridized carbons (Fsp3) is 0.676. The summed E-state index contributed by atoms with van der Waals surface area (Å²) in [6.45, 7) is 12.9. The number of benzene rings is 1. The van der Waals surface area contributed by atoms with Crippen LogP contribution in [-0.2, 0) is 19.1 Å². The van der Waals surface area contributed by atoms with Crippen LogP contribution < -0.4 is 10.6 Å². The Hall–Kier alpha value is -2.71. The van der Waals surface area contributed by atoms with Gasteiger partial charge in [0.1, 0.15) is 11.6 Å². The molecule has 6 rings (SSSR count). The summed E-state index contributed by atoms with van der Waals surface area (Å²) in [5.74, 6) is -1.03. The second-order valence-corrected chi connectivity index (χ2v) is 13.9. The molecule has 1 aromatic carbocycles. The molecule has 42 heavy (non-hydrogen) atoms. The van der Waals surface area contributed by atoms with E-state index in [1.54, 1.807) is 4.90 Å². The molecule has 228 valence electrons. The molecule has 4 heterocycles. The van der Waals surface area contributed by atoms with Gasteiger partial charge in [-0.3, -0.25) is 19.3 Å². The maximum absolute atomic E-state index is 14.4. The van der Waals surface area contributed by atoms with E-state index in [0.717, 1.165) is 49.0 Å². The Morgan fingerprint density at radius 2 is 1.74 bits per heavy atom. The minimum atomic E-state index is -1.13. The van der Waals surface area contributed by atoms with Crippen molar-refractivity contribution in [1.82, 2.24) is 15.1 Å². The Morgan fingerprint density at radius 3 is 2.48 bits per heavy atom. The van der Waals surface area contributed by atoms with Crippen LogP contribution in [0.25, 0.3) is 0 Å². The van der Waals surface area contributed by atoms with Crippen LogP contribution in [0.3, 0.4) is 0 Å². The van der Waals surface area contributed by atoms with E-state index >= 15 is 0 Å². The van der Waals surface area contributed by atoms with E-state index in [9.17, 15) is 14.4 Å². The van der Waals surface area contributed by atoms with Gasteiger partial charge in [0.2, 0.25) is 17.7 Å². The molecule has 2 bridgehead atoms. The zero-order chi connectivity index (χ0) is 29.8. The lowest BCUT2D eigenvalue weighted by atomic mass is 9.73. The molecule has 1 aliphatic carbocycles. The quantitative estimate of drug-likeness (QED) is 0.475. The number of aryl methyl sites for hydroxylation is 2. The summed E-state index contributed by atoms with van der Waals surface area (Å²) < 4.78 is 6.58. The molecule has 3 amide bonds. The molecule has 4 aliphatic heterocycles. The summed E-state index contributed by atoms with van der Waals surface area (Å²) in [6, 6.07) is 5.68. The average Bonchev–Trinajstić information content (AvgIpc) is 3.57. The highest BCUT2D eigenvalue weighted by atomic mass is 16.5. The van der Waals surface area contributed by atoms with E-state index in [2.05, 4.69) is 42.4 Å². The van der Waals surface area contributed by atoms with Gasteiger partial charge in [-0.05, 0) is 81.7 Å². The molecular weight excluding hydrogens is 528 g/mol. The van der Waals surface area contributed by atoms with Crippen molar-refractivity contribution in [3.8, 4) is 0 Å². The molecule has 9 atom stereocenters. The largest absolute Gasteiger partial charge is 0.359 e. The van der Waals surface area contributed by atoms with Gasteiger partial charge in [-0.25, -0.2) is 0 Å². The second-order valence-electron chi connectivity index (χ2n) is 13.9. The number of fused-ring (bicyclic) bond motifs is 1. The minimum Gasteiger partial charge on any atom is -0.359 e. The summed E-state index contributed by atoms with van der Waals surface area (Å²) in [7, 11) is 0. The third kappa shape index (κ3) is 5.08. The van der Waals surface area contributed by atoms with Crippen LogP contribution in [0.1, 0.15) is 70.4 Å². The molecular formula is C34H48N4O4. The number of hydrogen-bond donors (Lipinski definition) is 2. The van der Waals surface area contributed by atoms with E-state index in [4.69, 9.17) is 4.74 Å². The van der Waals surface area contributed by atoms with Crippen molar-refractivity contribution in [1.29, 1.82) is 0 Å². The molecule has 1 saturated carbocycles. The fourth-order valence-corrected chi connectivity index (χ4v) is 8.55. The first-order valence-corrected chi connectivity index (χ1v) is 16.2. The topological polar surface area (TPSA) is 91.0 Å². The Morgan fingerprint density at radius 1 is 0.976 bits per heavy atom. The second kappa shape index (κ2) is 11.4. The monoisotopic (exact) mass is 576 g/mol. The van der Waals surface area contributed by atoms with Crippen molar-refractivity contribution in [3.05, 3.63) is 41.5 Å². The first-order chi connectivity index (χ1) is 20.1. The predicted molar refractivity (Wildman–Crippen MR) is 163 cm³/mol. The number of carbonyl (C=O) groups excluding carboxylic acids is 3. The third-order valence-corrected chi connectivity index (χ3v) is 11.0. The van der Waals surface area contributed by atoms with Crippen LogP contribution in [0.2, 0.25) is 0 Å². The number of carbonyl (C=O) groups is 3. The molecule has 8 nitrogen and oxygen atoms in total. The normalized spacial score (nSPS) is 37.6. The first kappa shape index (κ1) is 29.4. The van der Waals surface area contributed by atoms with E-state index in [-0.39, 0.29) is 23.8 Å². The number of likely N-dealkylation sites (tertiary alicyclic amines) is 2. The first-order valence-electron chi connectivity index (χ1n) is 16.2. The van der Waals surface area contributed by atoms with Crippen LogP contribution in [0.15, 0.2) is 30.4 Å². The number of nitrogens with one attached hydrogen (secondary N) is 2. The van der Waals surface area contributed by atoms with Crippen LogP contribution in [0, 0.1) is 37.5 Å². The maximum Gasteiger partial charge on any atom is 0.246 e. The Kier molecular flexibility index (Phi) is 7.98. The average molecular weight is 577 g/mol. The van der Waals surface area contributed by atoms with Crippen molar-refractivity contribution in [2.45, 2.75) is 103 Å². The third-order valence-electron chi connectivity index (χ3n) is 11.0. The van der Waals surface area contributed by atoms with Gasteiger partial charge in [-0.1, -0.05) is 51.3 Å². The highest BCUT2D eigenvalue weighted by Gasteiger charge is 2.72. The number of anilines is 1. The summed E-state index contributed by atoms with van der Waals surface area (Å²) >= 11 is 0. The summed E-state index contributed by atoms with van der Waals surface area (Å²) in [6.07, 6.45) is 10.0. The van der Waals surface area contributed by atoms with Crippen molar-refractivity contribution < 1.29 is 19.1 Å². The Labute approximate surface area is 250 Å². The molecule has 0 radical (unpaired) electrons. The molecule has 3 saturated heterocycles. The van der Waals surface area contributed by atoms with Gasteiger partial charge in [-0.2, -0.15) is 0 Å². The van der Waals surface area contributed by atoms with Gasteiger partial charge in [-0.15, -0.1) is 0 Å². The molecule has 0 aromatic heterocycles. The number of nitrogens with zero attached hydrogens (tertiary/aromatic N) is 2. The number of hydrogen-bond acceptors (Lipinski definition) is 5. The van der Waals surface area contributed by atoms with Crippen molar-refractivity contribution in [2.75, 3.05) is 25.0 Å². The summed E-state index contributed by atoms with van der Waals surface area (Å²) in [4.78, 5) is 46.6. The summed E-state index contributed by atoms with van der Waals surface area (Å²) in [5.41, 5.74) is 1.70. The minimum absolute atomic E-state index is 0.0713. The molecule has 5 aliphatic rings. The maximum atomic E-state index is 14.4. The SMILES string of the molecule is Cc1cc(C)cc(NC(=O)[C@@H]2[C@@H]3C=C[C@]4(O3)[C@@H]2C(=O)N(CCN2CCCC[C@@H]2C)[C@H]4C(=O)N[C@@H]2CCC[C@H](C)[C@H]2C)c1. The molecule has 0 unspecified atom stereocenters. The number of amides is 3.